The molecule has 0 N–H and O–H groups in total. The Balaban J connectivity index is 4.64. The van der Waals surface area contributed by atoms with Crippen LogP contribution < -0.4 is 0 Å². The first-order valence-electron chi connectivity index (χ1n) is 5.33. The molecular weight excluding hydrogens is 208 g/mol. The van der Waals surface area contributed by atoms with Crippen molar-refractivity contribution in [2.45, 2.75) is 52.7 Å². The lowest BCUT2D eigenvalue weighted by Gasteiger charge is -2.26. The van der Waals surface area contributed by atoms with Crippen molar-refractivity contribution < 1.29 is 19.1 Å². The van der Waals surface area contributed by atoms with E-state index in [9.17, 15) is 9.59 Å². The molecule has 1 unspecified atom stereocenters. The summed E-state index contributed by atoms with van der Waals surface area (Å²) in [4.78, 5) is 23.6. The van der Waals surface area contributed by atoms with Gasteiger partial charge in [0.1, 0.15) is 17.1 Å². The molecule has 0 radical (unpaired) electrons. The number of esters is 1. The molecule has 0 aliphatic heterocycles. The highest BCUT2D eigenvalue weighted by Crippen LogP contribution is 2.18. The second-order valence-electron chi connectivity index (χ2n) is 5.33. The quantitative estimate of drug-likeness (QED) is 0.547. The third-order valence-corrected chi connectivity index (χ3v) is 2.26. The van der Waals surface area contributed by atoms with Crippen molar-refractivity contribution in [1.82, 2.24) is 0 Å². The van der Waals surface area contributed by atoms with Gasteiger partial charge in [-0.25, -0.2) is 0 Å². The Kier molecular flexibility index (Phi) is 4.68. The number of rotatable bonds is 4. The molecule has 0 aliphatic rings. The van der Waals surface area contributed by atoms with Crippen LogP contribution in [-0.2, 0) is 19.1 Å². The predicted octanol–water partition coefficient (Wildman–Crippen LogP) is 1.96. The van der Waals surface area contributed by atoms with Gasteiger partial charge >= 0.3 is 5.97 Å². The van der Waals surface area contributed by atoms with Crippen LogP contribution in [0.1, 0.15) is 41.5 Å². The third kappa shape index (κ3) is 4.31. The molecule has 0 heterocycles. The van der Waals surface area contributed by atoms with Gasteiger partial charge in [0.05, 0.1) is 0 Å². The molecule has 1 atom stereocenters. The van der Waals surface area contributed by atoms with Crippen molar-refractivity contribution in [3.63, 3.8) is 0 Å². The van der Waals surface area contributed by atoms with E-state index in [1.54, 1.807) is 34.6 Å². The molecule has 0 aromatic carbocycles. The van der Waals surface area contributed by atoms with Gasteiger partial charge in [-0.3, -0.25) is 9.59 Å². The Labute approximate surface area is 97.3 Å². The molecule has 0 aromatic rings. The number of methoxy groups -OCH3 is 1. The molecule has 0 aromatic heterocycles. The van der Waals surface area contributed by atoms with Crippen LogP contribution >= 0.6 is 0 Å². The van der Waals surface area contributed by atoms with E-state index in [1.807, 2.05) is 0 Å². The second-order valence-corrected chi connectivity index (χ2v) is 5.33. The summed E-state index contributed by atoms with van der Waals surface area (Å²) in [5.41, 5.74) is -1.54. The molecule has 0 spiro atoms. The monoisotopic (exact) mass is 230 g/mol. The lowest BCUT2D eigenvalue weighted by molar-refractivity contribution is -0.165. The molecule has 4 heteroatoms. The average Bonchev–Trinajstić information content (AvgIpc) is 2.12. The molecule has 16 heavy (non-hydrogen) atoms. The lowest BCUT2D eigenvalue weighted by atomic mass is 9.92. The highest BCUT2D eigenvalue weighted by Gasteiger charge is 2.36. The van der Waals surface area contributed by atoms with E-state index in [1.165, 1.54) is 14.0 Å². The van der Waals surface area contributed by atoms with Crippen molar-refractivity contribution in [2.75, 3.05) is 7.11 Å². The first kappa shape index (κ1) is 15.1. The maximum absolute atomic E-state index is 11.9. The van der Waals surface area contributed by atoms with E-state index in [2.05, 4.69) is 0 Å². The van der Waals surface area contributed by atoms with Gasteiger partial charge in [-0.05, 0) is 41.5 Å². The Bertz CT molecular complexity index is 273. The van der Waals surface area contributed by atoms with E-state index in [0.29, 0.717) is 0 Å². The summed E-state index contributed by atoms with van der Waals surface area (Å²) in [5.74, 6) is -1.60. The third-order valence-electron chi connectivity index (χ3n) is 2.26. The highest BCUT2D eigenvalue weighted by atomic mass is 16.6. The molecule has 0 rings (SSSR count). The standard InChI is InChI=1S/C12H22O4/c1-8(9(13)12(5,6)15-7)10(14)16-11(2,3)4/h8H,1-7H3. The van der Waals surface area contributed by atoms with Gasteiger partial charge in [0.2, 0.25) is 0 Å². The highest BCUT2D eigenvalue weighted by molar-refractivity contribution is 6.02. The Morgan fingerprint density at radius 3 is 1.81 bits per heavy atom. The smallest absolute Gasteiger partial charge is 0.316 e. The first-order chi connectivity index (χ1) is 7.01. The van der Waals surface area contributed by atoms with Crippen LogP contribution in [0.25, 0.3) is 0 Å². The van der Waals surface area contributed by atoms with Crippen molar-refractivity contribution in [1.29, 1.82) is 0 Å². The van der Waals surface area contributed by atoms with Crippen molar-refractivity contribution >= 4 is 11.8 Å². The van der Waals surface area contributed by atoms with Gasteiger partial charge in [-0.2, -0.15) is 0 Å². The molecular formula is C12H22O4. The summed E-state index contributed by atoms with van der Waals surface area (Å²) >= 11 is 0. The van der Waals surface area contributed by atoms with Crippen LogP contribution in [-0.4, -0.2) is 30.1 Å². The maximum atomic E-state index is 11.9. The molecule has 0 saturated heterocycles. The van der Waals surface area contributed by atoms with Gasteiger partial charge in [-0.1, -0.05) is 0 Å². The van der Waals surface area contributed by atoms with Crippen molar-refractivity contribution in [3.8, 4) is 0 Å². The van der Waals surface area contributed by atoms with Gasteiger partial charge in [-0.15, -0.1) is 0 Å². The Morgan fingerprint density at radius 2 is 1.50 bits per heavy atom. The fourth-order valence-electron chi connectivity index (χ4n) is 1.12. The minimum atomic E-state index is -0.962. The second kappa shape index (κ2) is 4.95. The number of ether oxygens (including phenoxy) is 2. The van der Waals surface area contributed by atoms with Gasteiger partial charge in [0.25, 0.3) is 0 Å². The molecule has 4 nitrogen and oxygen atoms in total. The molecule has 0 saturated carbocycles. The summed E-state index contributed by atoms with van der Waals surface area (Å²) in [6.45, 7) is 10.1. The lowest BCUT2D eigenvalue weighted by Crippen LogP contribution is -2.42. The zero-order valence-electron chi connectivity index (χ0n) is 11.2. The first-order valence-corrected chi connectivity index (χ1v) is 5.33. The van der Waals surface area contributed by atoms with Crippen molar-refractivity contribution in [3.05, 3.63) is 0 Å². The molecule has 0 aliphatic carbocycles. The number of Topliss-reactive ketones (excluding diaryl/α,β-unsaturated/α-hetero) is 1. The Hall–Kier alpha value is -0.900. The van der Waals surface area contributed by atoms with Gasteiger partial charge in [0.15, 0.2) is 5.78 Å². The number of hydrogen-bond donors (Lipinski definition) is 0. The zero-order valence-corrected chi connectivity index (χ0v) is 11.2. The fourth-order valence-corrected chi connectivity index (χ4v) is 1.12. The van der Waals surface area contributed by atoms with E-state index in [4.69, 9.17) is 9.47 Å². The predicted molar refractivity (Wildman–Crippen MR) is 61.1 cm³/mol. The number of carbonyl (C=O) groups excluding carboxylic acids is 2. The number of ketones is 1. The topological polar surface area (TPSA) is 52.6 Å². The maximum Gasteiger partial charge on any atom is 0.316 e. The van der Waals surface area contributed by atoms with Crippen molar-refractivity contribution in [2.24, 2.45) is 5.92 Å². The van der Waals surface area contributed by atoms with Crippen LogP contribution in [0.15, 0.2) is 0 Å². The van der Waals surface area contributed by atoms with Crippen LogP contribution in [0.5, 0.6) is 0 Å². The average molecular weight is 230 g/mol. The van der Waals surface area contributed by atoms with Crippen LogP contribution in [0.2, 0.25) is 0 Å². The molecule has 94 valence electrons. The SMILES string of the molecule is COC(C)(C)C(=O)C(C)C(=O)OC(C)(C)C. The summed E-state index contributed by atoms with van der Waals surface area (Å²) < 4.78 is 10.2. The van der Waals surface area contributed by atoms with Crippen LogP contribution in [0.4, 0.5) is 0 Å². The minimum Gasteiger partial charge on any atom is -0.459 e. The van der Waals surface area contributed by atoms with E-state index >= 15 is 0 Å². The molecule has 0 bridgehead atoms. The fraction of sp³-hybridized carbons (Fsp3) is 0.833. The minimum absolute atomic E-state index is 0.274. The number of hydrogen-bond acceptors (Lipinski definition) is 4. The zero-order chi connectivity index (χ0) is 13.1. The Morgan fingerprint density at radius 1 is 1.06 bits per heavy atom. The summed E-state index contributed by atoms with van der Waals surface area (Å²) in [6.07, 6.45) is 0. The van der Waals surface area contributed by atoms with Crippen LogP contribution in [0.3, 0.4) is 0 Å². The summed E-state index contributed by atoms with van der Waals surface area (Å²) in [7, 11) is 1.44. The largest absolute Gasteiger partial charge is 0.459 e. The molecule has 0 fully saturated rings. The molecule has 0 amide bonds. The van der Waals surface area contributed by atoms with Gasteiger partial charge in [0, 0.05) is 7.11 Å². The van der Waals surface area contributed by atoms with E-state index < -0.39 is 23.1 Å². The number of carbonyl (C=O) groups is 2. The summed E-state index contributed by atoms with van der Waals surface area (Å²) in [5, 5.41) is 0. The van der Waals surface area contributed by atoms with E-state index in [-0.39, 0.29) is 5.78 Å². The summed E-state index contributed by atoms with van der Waals surface area (Å²) in [6, 6.07) is 0. The van der Waals surface area contributed by atoms with Crippen LogP contribution in [0, 0.1) is 5.92 Å². The van der Waals surface area contributed by atoms with E-state index in [0.717, 1.165) is 0 Å². The normalized spacial score (nSPS) is 14.4. The van der Waals surface area contributed by atoms with Gasteiger partial charge < -0.3 is 9.47 Å².